The number of hydrogen-bond donors (Lipinski definition) is 0. The van der Waals surface area contributed by atoms with Gasteiger partial charge in [0, 0.05) is 10.6 Å². The number of benzene rings is 2. The van der Waals surface area contributed by atoms with Crippen LogP contribution >= 0.6 is 11.6 Å². The van der Waals surface area contributed by atoms with E-state index in [9.17, 15) is 13.2 Å². The predicted molar refractivity (Wildman–Crippen MR) is 70.1 cm³/mol. The van der Waals surface area contributed by atoms with Crippen molar-refractivity contribution >= 4 is 23.0 Å². The molecule has 2 aromatic carbocycles. The summed E-state index contributed by atoms with van der Waals surface area (Å²) in [5.41, 5.74) is -0.680. The maximum Gasteiger partial charge on any atom is 0.433 e. The molecule has 2 aromatic rings. The molecule has 0 saturated carbocycles. The summed E-state index contributed by atoms with van der Waals surface area (Å²) in [6.07, 6.45) is -4.51. The first-order valence-corrected chi connectivity index (χ1v) is 5.81. The minimum atomic E-state index is -4.51. The van der Waals surface area contributed by atoms with Gasteiger partial charge in [-0.15, -0.1) is 0 Å². The Kier molecular flexibility index (Phi) is 3.90. The van der Waals surface area contributed by atoms with Gasteiger partial charge in [-0.25, -0.2) is 4.99 Å². The quantitative estimate of drug-likeness (QED) is 0.686. The van der Waals surface area contributed by atoms with Crippen LogP contribution in [-0.4, -0.2) is 11.9 Å². The first-order chi connectivity index (χ1) is 8.97. The zero-order valence-corrected chi connectivity index (χ0v) is 10.4. The molecule has 0 aromatic heterocycles. The molecule has 0 heterocycles. The second-order valence-corrected chi connectivity index (χ2v) is 4.24. The number of halogens is 4. The van der Waals surface area contributed by atoms with Crippen LogP contribution in [0.15, 0.2) is 59.6 Å². The van der Waals surface area contributed by atoms with Crippen LogP contribution in [0, 0.1) is 0 Å². The molecule has 0 unspecified atom stereocenters. The molecule has 0 atom stereocenters. The highest BCUT2D eigenvalue weighted by molar-refractivity contribution is 6.30. The topological polar surface area (TPSA) is 12.4 Å². The van der Waals surface area contributed by atoms with Crippen LogP contribution in [0.25, 0.3) is 0 Å². The predicted octanol–water partition coefficient (Wildman–Crippen LogP) is 5.02. The van der Waals surface area contributed by atoms with Crippen LogP contribution in [0.4, 0.5) is 18.9 Å². The Morgan fingerprint density at radius 3 is 2.00 bits per heavy atom. The molecule has 0 aliphatic heterocycles. The smallest absolute Gasteiger partial charge is 0.243 e. The van der Waals surface area contributed by atoms with Gasteiger partial charge in [0.25, 0.3) is 0 Å². The monoisotopic (exact) mass is 283 g/mol. The highest BCUT2D eigenvalue weighted by Crippen LogP contribution is 2.26. The van der Waals surface area contributed by atoms with E-state index in [1.807, 2.05) is 0 Å². The van der Waals surface area contributed by atoms with Gasteiger partial charge in [-0.3, -0.25) is 0 Å². The molecular formula is C14H9ClF3N. The van der Waals surface area contributed by atoms with Crippen molar-refractivity contribution < 1.29 is 13.2 Å². The highest BCUT2D eigenvalue weighted by Gasteiger charge is 2.36. The summed E-state index contributed by atoms with van der Waals surface area (Å²) in [6, 6.07) is 13.4. The summed E-state index contributed by atoms with van der Waals surface area (Å²) in [4.78, 5) is 3.67. The lowest BCUT2D eigenvalue weighted by Gasteiger charge is -2.10. The number of alkyl halides is 3. The van der Waals surface area contributed by atoms with E-state index in [4.69, 9.17) is 11.6 Å². The summed E-state index contributed by atoms with van der Waals surface area (Å²) in [7, 11) is 0. The third-order valence-corrected chi connectivity index (χ3v) is 2.64. The molecule has 0 N–H and O–H groups in total. The number of rotatable bonds is 2. The van der Waals surface area contributed by atoms with Crippen LogP contribution < -0.4 is 0 Å². The minimum Gasteiger partial charge on any atom is -0.243 e. The largest absolute Gasteiger partial charge is 0.433 e. The van der Waals surface area contributed by atoms with Gasteiger partial charge in [0.1, 0.15) is 0 Å². The van der Waals surface area contributed by atoms with Crippen LogP contribution in [0.3, 0.4) is 0 Å². The average molecular weight is 284 g/mol. The molecule has 0 fully saturated rings. The maximum atomic E-state index is 13.0. The Bertz CT molecular complexity index is 574. The fourth-order valence-corrected chi connectivity index (χ4v) is 1.66. The third kappa shape index (κ3) is 3.58. The molecule has 0 bridgehead atoms. The summed E-state index contributed by atoms with van der Waals surface area (Å²) >= 11 is 5.68. The van der Waals surface area contributed by atoms with Crippen molar-refractivity contribution in [2.24, 2.45) is 4.99 Å². The highest BCUT2D eigenvalue weighted by atomic mass is 35.5. The average Bonchev–Trinajstić information content (AvgIpc) is 2.37. The van der Waals surface area contributed by atoms with Crippen molar-refractivity contribution in [3.8, 4) is 0 Å². The molecule has 2 rings (SSSR count). The van der Waals surface area contributed by atoms with E-state index in [0.717, 1.165) is 0 Å². The Labute approximate surface area is 113 Å². The Morgan fingerprint density at radius 1 is 0.895 bits per heavy atom. The molecule has 0 spiro atoms. The second kappa shape index (κ2) is 5.45. The van der Waals surface area contributed by atoms with Gasteiger partial charge >= 0.3 is 6.18 Å². The molecule has 19 heavy (non-hydrogen) atoms. The van der Waals surface area contributed by atoms with E-state index >= 15 is 0 Å². The maximum absolute atomic E-state index is 13.0. The molecule has 0 amide bonds. The first-order valence-electron chi connectivity index (χ1n) is 5.44. The fourth-order valence-electron chi connectivity index (χ4n) is 1.53. The third-order valence-electron chi connectivity index (χ3n) is 2.38. The second-order valence-electron chi connectivity index (χ2n) is 3.80. The molecule has 0 aliphatic rings. The van der Waals surface area contributed by atoms with Crippen molar-refractivity contribution in [3.63, 3.8) is 0 Å². The van der Waals surface area contributed by atoms with Gasteiger partial charge in [0.15, 0.2) is 5.71 Å². The van der Waals surface area contributed by atoms with Crippen LogP contribution in [0.2, 0.25) is 5.02 Å². The van der Waals surface area contributed by atoms with Crippen LogP contribution in [0.1, 0.15) is 5.56 Å². The van der Waals surface area contributed by atoms with E-state index in [2.05, 4.69) is 4.99 Å². The summed E-state index contributed by atoms with van der Waals surface area (Å²) < 4.78 is 39.0. The van der Waals surface area contributed by atoms with E-state index < -0.39 is 11.9 Å². The van der Waals surface area contributed by atoms with Crippen LogP contribution in [-0.2, 0) is 0 Å². The SMILES string of the molecule is FC(F)(F)C(=Nc1ccc(Cl)cc1)c1ccccc1. The van der Waals surface area contributed by atoms with Gasteiger partial charge in [-0.05, 0) is 24.3 Å². The molecular weight excluding hydrogens is 275 g/mol. The normalized spacial score (nSPS) is 12.5. The minimum absolute atomic E-state index is 0.0324. The van der Waals surface area contributed by atoms with Crippen LogP contribution in [0.5, 0.6) is 0 Å². The van der Waals surface area contributed by atoms with E-state index in [1.54, 1.807) is 18.2 Å². The van der Waals surface area contributed by atoms with Crippen molar-refractivity contribution in [2.45, 2.75) is 6.18 Å². The standard InChI is InChI=1S/C14H9ClF3N/c15-11-6-8-12(9-7-11)19-13(14(16,17)18)10-4-2-1-3-5-10/h1-9H. The molecule has 1 nitrogen and oxygen atoms in total. The van der Waals surface area contributed by atoms with Gasteiger partial charge in [-0.2, -0.15) is 13.2 Å². The number of nitrogens with zero attached hydrogens (tertiary/aromatic N) is 1. The van der Waals surface area contributed by atoms with Gasteiger partial charge in [0.05, 0.1) is 5.69 Å². The number of aliphatic imine (C=N–C) groups is 1. The molecule has 0 aliphatic carbocycles. The van der Waals surface area contributed by atoms with Gasteiger partial charge in [-0.1, -0.05) is 41.9 Å². The Hall–Kier alpha value is -1.81. The van der Waals surface area contributed by atoms with E-state index in [1.165, 1.54) is 36.4 Å². The van der Waals surface area contributed by atoms with Crippen molar-refractivity contribution in [1.29, 1.82) is 0 Å². The van der Waals surface area contributed by atoms with Gasteiger partial charge in [0.2, 0.25) is 0 Å². The molecule has 0 saturated heterocycles. The zero-order valence-electron chi connectivity index (χ0n) is 9.66. The molecule has 5 heteroatoms. The van der Waals surface area contributed by atoms with Gasteiger partial charge < -0.3 is 0 Å². The summed E-state index contributed by atoms with van der Waals surface area (Å²) in [5, 5.41) is 0.451. The summed E-state index contributed by atoms with van der Waals surface area (Å²) in [6.45, 7) is 0. The molecule has 98 valence electrons. The Morgan fingerprint density at radius 2 is 1.47 bits per heavy atom. The van der Waals surface area contributed by atoms with Crippen molar-refractivity contribution in [3.05, 3.63) is 65.2 Å². The molecule has 0 radical (unpaired) electrons. The Balaban J connectivity index is 2.47. The lowest BCUT2D eigenvalue weighted by Crippen LogP contribution is -2.23. The lowest BCUT2D eigenvalue weighted by atomic mass is 10.1. The van der Waals surface area contributed by atoms with E-state index in [0.29, 0.717) is 5.02 Å². The lowest BCUT2D eigenvalue weighted by molar-refractivity contribution is -0.0579. The van der Waals surface area contributed by atoms with Crippen molar-refractivity contribution in [2.75, 3.05) is 0 Å². The summed E-state index contributed by atoms with van der Waals surface area (Å²) in [5.74, 6) is 0. The first kappa shape index (κ1) is 13.6. The fraction of sp³-hybridized carbons (Fsp3) is 0.0714. The van der Waals surface area contributed by atoms with Crippen molar-refractivity contribution in [1.82, 2.24) is 0 Å². The van der Waals surface area contributed by atoms with E-state index in [-0.39, 0.29) is 11.3 Å². The number of hydrogen-bond acceptors (Lipinski definition) is 1. The zero-order chi connectivity index (χ0) is 13.9.